The molecule has 0 aliphatic heterocycles. The van der Waals surface area contributed by atoms with Crippen LogP contribution in [0.15, 0.2) is 28.5 Å². The van der Waals surface area contributed by atoms with Crippen molar-refractivity contribution in [1.82, 2.24) is 4.37 Å². The number of ether oxygens (including phenoxy) is 2. The molecule has 0 bridgehead atoms. The molecule has 0 fully saturated rings. The molecule has 1 aromatic carbocycles. The molecule has 0 aliphatic rings. The minimum atomic E-state index is -3.82. The third kappa shape index (κ3) is 2.92. The van der Waals surface area contributed by atoms with Crippen LogP contribution in [0.4, 0.5) is 5.69 Å². The quantitative estimate of drug-likeness (QED) is 0.830. The fourth-order valence-corrected chi connectivity index (χ4v) is 4.12. The van der Waals surface area contributed by atoms with E-state index in [1.54, 1.807) is 12.1 Å². The van der Waals surface area contributed by atoms with Crippen LogP contribution in [-0.2, 0) is 10.0 Å². The van der Waals surface area contributed by atoms with E-state index in [4.69, 9.17) is 21.1 Å². The Hall–Kier alpha value is -1.51. The van der Waals surface area contributed by atoms with Gasteiger partial charge in [0, 0.05) is 17.5 Å². The smallest absolute Gasteiger partial charge is 0.270 e. The number of halogens is 1. The first-order valence-electron chi connectivity index (χ1n) is 5.72. The summed E-state index contributed by atoms with van der Waals surface area (Å²) in [5, 5.41) is 1.82. The Kier molecular flexibility index (Phi) is 4.60. The first-order chi connectivity index (χ1) is 9.91. The number of hydrogen-bond acceptors (Lipinski definition) is 6. The Morgan fingerprint density at radius 2 is 2.00 bits per heavy atom. The summed E-state index contributed by atoms with van der Waals surface area (Å²) in [5.74, 6) is 0.459. The predicted molar refractivity (Wildman–Crippen MR) is 82.3 cm³/mol. The first kappa shape index (κ1) is 15.9. The fraction of sp³-hybridized carbons (Fsp3) is 0.250. The van der Waals surface area contributed by atoms with Gasteiger partial charge in [-0.25, -0.2) is 8.42 Å². The number of rotatable bonds is 5. The number of nitrogens with zero attached hydrogens (tertiary/aromatic N) is 2. The minimum Gasteiger partial charge on any atom is -0.495 e. The summed E-state index contributed by atoms with van der Waals surface area (Å²) in [5.41, 5.74) is 0.332. The maximum atomic E-state index is 12.7. The Labute approximate surface area is 132 Å². The Morgan fingerprint density at radius 3 is 2.62 bits per heavy atom. The van der Waals surface area contributed by atoms with Gasteiger partial charge in [-0.2, -0.15) is 4.37 Å². The molecule has 0 N–H and O–H groups in total. The third-order valence-corrected chi connectivity index (χ3v) is 5.58. The second-order valence-corrected chi connectivity index (χ2v) is 6.98. The number of aromatic nitrogens is 1. The molecule has 0 atom stereocenters. The van der Waals surface area contributed by atoms with Crippen LogP contribution in [-0.4, -0.2) is 34.1 Å². The van der Waals surface area contributed by atoms with Crippen molar-refractivity contribution in [2.45, 2.75) is 4.90 Å². The molecule has 0 amide bonds. The van der Waals surface area contributed by atoms with Gasteiger partial charge in [0.1, 0.15) is 5.75 Å². The van der Waals surface area contributed by atoms with Crippen molar-refractivity contribution in [2.24, 2.45) is 0 Å². The molecule has 0 aliphatic carbocycles. The SMILES string of the molecule is COc1ccc(Cl)cc1N(C)S(=O)(=O)c1csnc1OC. The average Bonchev–Trinajstić information content (AvgIpc) is 2.95. The van der Waals surface area contributed by atoms with Crippen molar-refractivity contribution in [3.05, 3.63) is 28.6 Å². The van der Waals surface area contributed by atoms with Gasteiger partial charge in [0.15, 0.2) is 4.90 Å². The lowest BCUT2D eigenvalue weighted by Crippen LogP contribution is -2.27. The second kappa shape index (κ2) is 6.08. The summed E-state index contributed by atoms with van der Waals surface area (Å²) in [6, 6.07) is 4.74. The van der Waals surface area contributed by atoms with Gasteiger partial charge in [0.2, 0.25) is 5.88 Å². The average molecular weight is 349 g/mol. The monoisotopic (exact) mass is 348 g/mol. The van der Waals surface area contributed by atoms with Gasteiger partial charge in [-0.3, -0.25) is 4.31 Å². The molecule has 0 saturated heterocycles. The van der Waals surface area contributed by atoms with Crippen molar-refractivity contribution < 1.29 is 17.9 Å². The Balaban J connectivity index is 2.53. The highest BCUT2D eigenvalue weighted by molar-refractivity contribution is 7.93. The van der Waals surface area contributed by atoms with Crippen molar-refractivity contribution in [3.8, 4) is 11.6 Å². The summed E-state index contributed by atoms with van der Waals surface area (Å²) < 4.78 is 40.5. The third-order valence-electron chi connectivity index (χ3n) is 2.82. The zero-order chi connectivity index (χ0) is 15.6. The minimum absolute atomic E-state index is 0.000437. The van der Waals surface area contributed by atoms with Crippen LogP contribution in [0, 0.1) is 0 Å². The lowest BCUT2D eigenvalue weighted by atomic mass is 10.3. The molecule has 2 rings (SSSR count). The predicted octanol–water partition coefficient (Wildman–Crippen LogP) is 2.64. The van der Waals surface area contributed by atoms with E-state index >= 15 is 0 Å². The molecule has 2 aromatic rings. The normalized spacial score (nSPS) is 11.2. The van der Waals surface area contributed by atoms with E-state index in [2.05, 4.69) is 4.37 Å². The van der Waals surface area contributed by atoms with Crippen molar-refractivity contribution in [1.29, 1.82) is 0 Å². The van der Waals surface area contributed by atoms with Crippen LogP contribution in [0.25, 0.3) is 0 Å². The number of hydrogen-bond donors (Lipinski definition) is 0. The Bertz CT molecular complexity index is 745. The topological polar surface area (TPSA) is 68.7 Å². The molecular formula is C12H13ClN2O4S2. The van der Waals surface area contributed by atoms with Gasteiger partial charge in [-0.1, -0.05) is 11.6 Å². The number of sulfonamides is 1. The molecule has 1 aromatic heterocycles. The van der Waals surface area contributed by atoms with Crippen molar-refractivity contribution in [3.63, 3.8) is 0 Å². The van der Waals surface area contributed by atoms with Gasteiger partial charge >= 0.3 is 0 Å². The highest BCUT2D eigenvalue weighted by Crippen LogP contribution is 2.35. The number of methoxy groups -OCH3 is 2. The molecule has 21 heavy (non-hydrogen) atoms. The lowest BCUT2D eigenvalue weighted by Gasteiger charge is -2.21. The molecule has 0 spiro atoms. The molecule has 1 heterocycles. The zero-order valence-corrected chi connectivity index (χ0v) is 13.9. The van der Waals surface area contributed by atoms with Gasteiger partial charge < -0.3 is 9.47 Å². The second-order valence-electron chi connectivity index (χ2n) is 3.98. The van der Waals surface area contributed by atoms with Crippen LogP contribution in [0.3, 0.4) is 0 Å². The summed E-state index contributed by atoms with van der Waals surface area (Å²) in [6.45, 7) is 0. The van der Waals surface area contributed by atoms with Crippen LogP contribution >= 0.6 is 23.1 Å². The maximum absolute atomic E-state index is 12.7. The van der Waals surface area contributed by atoms with E-state index in [1.807, 2.05) is 0 Å². The zero-order valence-electron chi connectivity index (χ0n) is 11.5. The first-order valence-corrected chi connectivity index (χ1v) is 8.38. The molecule has 6 nitrogen and oxygen atoms in total. The van der Waals surface area contributed by atoms with Crippen LogP contribution < -0.4 is 13.8 Å². The van der Waals surface area contributed by atoms with Gasteiger partial charge in [-0.05, 0) is 29.7 Å². The van der Waals surface area contributed by atoms with Crippen LogP contribution in [0.1, 0.15) is 0 Å². The summed E-state index contributed by atoms with van der Waals surface area (Å²) >= 11 is 6.94. The molecule has 0 saturated carbocycles. The lowest BCUT2D eigenvalue weighted by molar-refractivity contribution is 0.390. The van der Waals surface area contributed by atoms with E-state index in [0.29, 0.717) is 16.5 Å². The van der Waals surface area contributed by atoms with Crippen molar-refractivity contribution in [2.75, 3.05) is 25.6 Å². The number of benzene rings is 1. The fourth-order valence-electron chi connectivity index (χ4n) is 1.71. The summed E-state index contributed by atoms with van der Waals surface area (Å²) in [7, 11) is 0.421. The largest absolute Gasteiger partial charge is 0.495 e. The van der Waals surface area contributed by atoms with E-state index in [0.717, 1.165) is 15.8 Å². The molecule has 0 radical (unpaired) electrons. The van der Waals surface area contributed by atoms with Crippen molar-refractivity contribution >= 4 is 38.8 Å². The summed E-state index contributed by atoms with van der Waals surface area (Å²) in [4.78, 5) is -0.000437. The Morgan fingerprint density at radius 1 is 1.29 bits per heavy atom. The van der Waals surface area contributed by atoms with Gasteiger partial charge in [0.25, 0.3) is 10.0 Å². The van der Waals surface area contributed by atoms with E-state index in [9.17, 15) is 8.42 Å². The van der Waals surface area contributed by atoms with Gasteiger partial charge in [0.05, 0.1) is 19.9 Å². The highest BCUT2D eigenvalue weighted by atomic mass is 35.5. The number of anilines is 1. The highest BCUT2D eigenvalue weighted by Gasteiger charge is 2.29. The molecule has 0 unspecified atom stereocenters. The van der Waals surface area contributed by atoms with Crippen LogP contribution in [0.2, 0.25) is 5.02 Å². The molecule has 9 heteroatoms. The van der Waals surface area contributed by atoms with Crippen LogP contribution in [0.5, 0.6) is 11.6 Å². The summed E-state index contributed by atoms with van der Waals surface area (Å²) in [6.07, 6.45) is 0. The molecular weight excluding hydrogens is 336 g/mol. The molecule has 114 valence electrons. The van der Waals surface area contributed by atoms with Gasteiger partial charge in [-0.15, -0.1) is 0 Å². The standard InChI is InChI=1S/C12H13ClN2O4S2/c1-15(9-6-8(13)4-5-10(9)18-2)21(16,17)11-7-20-14-12(11)19-3/h4-7H,1-3H3. The van der Waals surface area contributed by atoms with E-state index < -0.39 is 10.0 Å². The van der Waals surface area contributed by atoms with E-state index in [1.165, 1.54) is 32.7 Å². The maximum Gasteiger partial charge on any atom is 0.270 e. The van der Waals surface area contributed by atoms with E-state index in [-0.39, 0.29) is 10.8 Å².